The average molecular weight is 280 g/mol. The van der Waals surface area contributed by atoms with Crippen LogP contribution in [0.3, 0.4) is 0 Å². The molecular weight excluding hydrogens is 259 g/mol. The molecule has 0 saturated heterocycles. The summed E-state index contributed by atoms with van der Waals surface area (Å²) in [6, 6.07) is 0. The van der Waals surface area contributed by atoms with E-state index in [1.807, 2.05) is 0 Å². The fourth-order valence-corrected chi connectivity index (χ4v) is 0.920. The molecule has 0 aromatic carbocycles. The topological polar surface area (TPSA) is 101 Å². The largest absolute Gasteiger partial charge is 0.473 e. The van der Waals surface area contributed by atoms with Crippen LogP contribution in [0.25, 0.3) is 0 Å². The van der Waals surface area contributed by atoms with E-state index in [-0.39, 0.29) is 10.7 Å². The summed E-state index contributed by atoms with van der Waals surface area (Å²) in [7, 11) is 0. The van der Waals surface area contributed by atoms with Gasteiger partial charge in [0.1, 0.15) is 6.61 Å². The lowest BCUT2D eigenvalue weighted by Gasteiger charge is -2.00. The molecule has 0 saturated carbocycles. The van der Waals surface area contributed by atoms with Crippen molar-refractivity contribution < 1.29 is 34.0 Å². The molecule has 0 radical (unpaired) electrons. The number of unbranched alkanes of at least 4 members (excludes halogenated alkanes) is 3. The molecule has 0 atom stereocenters. The molecule has 0 aliphatic rings. The lowest BCUT2D eigenvalue weighted by molar-refractivity contribution is -0.159. The van der Waals surface area contributed by atoms with Crippen LogP contribution in [-0.4, -0.2) is 34.7 Å². The number of carboxylic acid groups (broad SMARTS) is 2. The Morgan fingerprint density at radius 1 is 1.11 bits per heavy atom. The molecule has 7 heteroatoms. The van der Waals surface area contributed by atoms with E-state index in [2.05, 4.69) is 13.5 Å². The van der Waals surface area contributed by atoms with Crippen LogP contribution in [0.4, 0.5) is 4.70 Å². The molecule has 6 nitrogen and oxygen atoms in total. The molecule has 19 heavy (non-hydrogen) atoms. The maximum absolute atomic E-state index is 10.9. The highest BCUT2D eigenvalue weighted by Crippen LogP contribution is 2.03. The van der Waals surface area contributed by atoms with Crippen LogP contribution in [0.15, 0.2) is 12.7 Å². The van der Waals surface area contributed by atoms with Crippen molar-refractivity contribution in [3.63, 3.8) is 0 Å². The molecule has 0 spiro atoms. The summed E-state index contributed by atoms with van der Waals surface area (Å²) in [5, 5.41) is 14.8. The van der Waals surface area contributed by atoms with E-state index >= 15 is 0 Å². The summed E-state index contributed by atoms with van der Waals surface area (Å²) < 4.78 is 4.81. The van der Waals surface area contributed by atoms with Gasteiger partial charge in [-0.25, -0.2) is 9.59 Å². The van der Waals surface area contributed by atoms with Gasteiger partial charge in [-0.1, -0.05) is 38.8 Å². The van der Waals surface area contributed by atoms with E-state index in [0.717, 1.165) is 12.8 Å². The summed E-state index contributed by atoms with van der Waals surface area (Å²) in [4.78, 5) is 29.1. The van der Waals surface area contributed by atoms with Crippen LogP contribution in [0.5, 0.6) is 0 Å². The van der Waals surface area contributed by atoms with Crippen LogP contribution in [0, 0.1) is 0 Å². The number of aliphatic carboxylic acids is 2. The van der Waals surface area contributed by atoms with E-state index in [0.29, 0.717) is 13.0 Å². The molecule has 112 valence electrons. The minimum Gasteiger partial charge on any atom is -0.473 e. The molecular formula is C12H21FO6. The summed E-state index contributed by atoms with van der Waals surface area (Å²) >= 11 is 0. The van der Waals surface area contributed by atoms with Crippen LogP contribution in [-0.2, 0) is 19.1 Å². The number of esters is 1. The van der Waals surface area contributed by atoms with Gasteiger partial charge >= 0.3 is 17.9 Å². The SMILES string of the molecule is C=CCOC(=O)CCCCCC.F.O=C(O)C(=O)O. The third-order valence-electron chi connectivity index (χ3n) is 1.78. The number of rotatable bonds is 7. The first-order valence-corrected chi connectivity index (χ1v) is 5.68. The Hall–Kier alpha value is -1.92. The lowest BCUT2D eigenvalue weighted by atomic mass is 10.2. The highest BCUT2D eigenvalue weighted by Gasteiger charge is 2.04. The summed E-state index contributed by atoms with van der Waals surface area (Å²) in [6.45, 7) is 5.95. The number of carbonyl (C=O) groups is 3. The van der Waals surface area contributed by atoms with Crippen molar-refractivity contribution in [2.75, 3.05) is 6.61 Å². The van der Waals surface area contributed by atoms with E-state index in [1.165, 1.54) is 12.8 Å². The molecule has 2 N–H and O–H groups in total. The third-order valence-corrected chi connectivity index (χ3v) is 1.78. The Bertz CT molecular complexity index is 265. The predicted molar refractivity (Wildman–Crippen MR) is 67.7 cm³/mol. The molecule has 0 bridgehead atoms. The van der Waals surface area contributed by atoms with Gasteiger partial charge in [-0.3, -0.25) is 9.50 Å². The van der Waals surface area contributed by atoms with Crippen molar-refractivity contribution in [2.45, 2.75) is 39.0 Å². The zero-order chi connectivity index (χ0) is 14.4. The van der Waals surface area contributed by atoms with Gasteiger partial charge in [-0.05, 0) is 6.42 Å². The summed E-state index contributed by atoms with van der Waals surface area (Å²) in [6.07, 6.45) is 6.61. The van der Waals surface area contributed by atoms with E-state index in [9.17, 15) is 4.79 Å². The Morgan fingerprint density at radius 2 is 1.63 bits per heavy atom. The minimum atomic E-state index is -1.82. The molecule has 0 fully saturated rings. The second kappa shape index (κ2) is 16.1. The zero-order valence-corrected chi connectivity index (χ0v) is 11.0. The van der Waals surface area contributed by atoms with Gasteiger partial charge in [0.25, 0.3) is 0 Å². The highest BCUT2D eigenvalue weighted by molar-refractivity contribution is 6.27. The molecule has 0 aromatic heterocycles. The van der Waals surface area contributed by atoms with Crippen molar-refractivity contribution >= 4 is 17.9 Å². The zero-order valence-electron chi connectivity index (χ0n) is 11.0. The smallest absolute Gasteiger partial charge is 0.414 e. The van der Waals surface area contributed by atoms with Crippen molar-refractivity contribution in [3.8, 4) is 0 Å². The van der Waals surface area contributed by atoms with Crippen LogP contribution >= 0.6 is 0 Å². The van der Waals surface area contributed by atoms with Gasteiger partial charge in [0, 0.05) is 6.42 Å². The first-order valence-electron chi connectivity index (χ1n) is 5.68. The Morgan fingerprint density at radius 3 is 2.00 bits per heavy atom. The normalized spacial score (nSPS) is 8.26. The number of carbonyl (C=O) groups excluding carboxylic acids is 1. The minimum absolute atomic E-state index is 0. The first-order chi connectivity index (χ1) is 8.45. The monoisotopic (exact) mass is 280 g/mol. The van der Waals surface area contributed by atoms with Crippen molar-refractivity contribution in [3.05, 3.63) is 12.7 Å². The Balaban J connectivity index is -0.000000313. The first kappa shape index (κ1) is 22.3. The molecule has 0 amide bonds. The highest BCUT2D eigenvalue weighted by atomic mass is 19.0. The van der Waals surface area contributed by atoms with Crippen molar-refractivity contribution in [2.24, 2.45) is 0 Å². The molecule has 0 heterocycles. The van der Waals surface area contributed by atoms with E-state index < -0.39 is 11.9 Å². The molecule has 0 aromatic rings. The van der Waals surface area contributed by atoms with Gasteiger partial charge in [0.15, 0.2) is 0 Å². The van der Waals surface area contributed by atoms with E-state index in [4.69, 9.17) is 24.5 Å². The molecule has 0 rings (SSSR count). The second-order valence-electron chi connectivity index (χ2n) is 3.39. The summed E-state index contributed by atoms with van der Waals surface area (Å²) in [5.41, 5.74) is 0. The van der Waals surface area contributed by atoms with E-state index in [1.54, 1.807) is 6.08 Å². The fourth-order valence-electron chi connectivity index (χ4n) is 0.920. The maximum atomic E-state index is 10.9. The number of hydrogen-bond acceptors (Lipinski definition) is 4. The van der Waals surface area contributed by atoms with Crippen molar-refractivity contribution in [1.82, 2.24) is 0 Å². The van der Waals surface area contributed by atoms with Gasteiger partial charge in [-0.2, -0.15) is 0 Å². The average Bonchev–Trinajstić information content (AvgIpc) is 2.32. The standard InChI is InChI=1S/C10H18O2.C2H2O4.FH/c1-3-5-6-7-8-10(11)12-9-4-2;3-1(4)2(5)6;/h4H,2-3,5-9H2,1H3;(H,3,4)(H,5,6);1H. The van der Waals surface area contributed by atoms with Crippen LogP contribution < -0.4 is 0 Å². The Kier molecular flexibility index (Phi) is 18.9. The molecule has 0 unspecified atom stereocenters. The predicted octanol–water partition coefficient (Wildman–Crippen LogP) is 1.99. The Labute approximate surface area is 111 Å². The van der Waals surface area contributed by atoms with Crippen molar-refractivity contribution in [1.29, 1.82) is 0 Å². The summed E-state index contributed by atoms with van der Waals surface area (Å²) in [5.74, 6) is -3.75. The van der Waals surface area contributed by atoms with Gasteiger partial charge in [0.2, 0.25) is 0 Å². The molecule has 0 aliphatic heterocycles. The third kappa shape index (κ3) is 21.8. The quantitative estimate of drug-likeness (QED) is 0.320. The maximum Gasteiger partial charge on any atom is 0.414 e. The second-order valence-corrected chi connectivity index (χ2v) is 3.39. The van der Waals surface area contributed by atoms with Gasteiger partial charge in [0.05, 0.1) is 0 Å². The lowest BCUT2D eigenvalue weighted by Crippen LogP contribution is -2.09. The van der Waals surface area contributed by atoms with Crippen LogP contribution in [0.1, 0.15) is 39.0 Å². The number of hydrogen-bond donors (Lipinski definition) is 2. The van der Waals surface area contributed by atoms with Crippen LogP contribution in [0.2, 0.25) is 0 Å². The molecule has 0 aliphatic carbocycles. The van der Waals surface area contributed by atoms with Gasteiger partial charge < -0.3 is 14.9 Å². The number of ether oxygens (including phenoxy) is 1. The number of carboxylic acids is 2. The number of halogens is 1. The van der Waals surface area contributed by atoms with Gasteiger partial charge in [-0.15, -0.1) is 0 Å². The fraction of sp³-hybridized carbons (Fsp3) is 0.583.